The van der Waals surface area contributed by atoms with Crippen LogP contribution in [-0.2, 0) is 0 Å². The van der Waals surface area contributed by atoms with Crippen LogP contribution in [0.5, 0.6) is 0 Å². The molecular weight excluding hydrogens is 310 g/mol. The molecule has 1 aromatic rings. The van der Waals surface area contributed by atoms with Gasteiger partial charge in [-0.2, -0.15) is 0 Å². The predicted molar refractivity (Wildman–Crippen MR) is 86.3 cm³/mol. The summed E-state index contributed by atoms with van der Waals surface area (Å²) in [5, 5.41) is 3.41. The molecule has 0 amide bonds. The van der Waals surface area contributed by atoms with E-state index in [9.17, 15) is 0 Å². The van der Waals surface area contributed by atoms with Gasteiger partial charge in [0.25, 0.3) is 0 Å². The van der Waals surface area contributed by atoms with Crippen molar-refractivity contribution in [1.29, 1.82) is 0 Å². The number of thiocarbonyl (C=S) groups is 1. The van der Waals surface area contributed by atoms with E-state index in [0.717, 1.165) is 41.9 Å². The second-order valence-corrected chi connectivity index (χ2v) is 5.31. The molecule has 100 valence electrons. The molecule has 0 heterocycles. The molecule has 0 saturated carbocycles. The minimum Gasteiger partial charge on any atom is -0.389 e. The smallest absolute Gasteiger partial charge is 0.104 e. The van der Waals surface area contributed by atoms with Crippen LogP contribution >= 0.6 is 28.1 Å². The molecule has 0 spiro atoms. The van der Waals surface area contributed by atoms with Crippen LogP contribution < -0.4 is 11.1 Å². The Bertz CT molecular complexity index is 405. The Balaban J connectivity index is 2.55. The van der Waals surface area contributed by atoms with Crippen molar-refractivity contribution in [2.24, 2.45) is 5.73 Å². The molecule has 0 radical (unpaired) electrons. The molecule has 3 N–H and O–H groups in total. The van der Waals surface area contributed by atoms with Crippen LogP contribution in [0, 0.1) is 0 Å². The number of rotatable bonds is 7. The van der Waals surface area contributed by atoms with Gasteiger partial charge in [-0.3, -0.25) is 0 Å². The maximum Gasteiger partial charge on any atom is 0.104 e. The third-order valence-electron chi connectivity index (χ3n) is 2.89. The molecule has 0 aromatic heterocycles. The lowest BCUT2D eigenvalue weighted by Crippen LogP contribution is -2.28. The number of nitrogens with one attached hydrogen (secondary N) is 1. The topological polar surface area (TPSA) is 41.3 Å². The average molecular weight is 330 g/mol. The molecule has 0 aliphatic carbocycles. The lowest BCUT2D eigenvalue weighted by molar-refractivity contribution is 0.316. The van der Waals surface area contributed by atoms with E-state index in [1.807, 2.05) is 18.2 Å². The van der Waals surface area contributed by atoms with Crippen molar-refractivity contribution in [2.45, 2.75) is 13.8 Å². The number of nitrogens with two attached hydrogens (primary N) is 1. The number of benzene rings is 1. The van der Waals surface area contributed by atoms with Crippen LogP contribution in [-0.4, -0.2) is 36.1 Å². The highest BCUT2D eigenvalue weighted by Crippen LogP contribution is 2.23. The van der Waals surface area contributed by atoms with Gasteiger partial charge in [-0.1, -0.05) is 26.1 Å². The number of anilines is 1. The van der Waals surface area contributed by atoms with E-state index in [2.05, 4.69) is 40.0 Å². The molecule has 0 unspecified atom stereocenters. The van der Waals surface area contributed by atoms with E-state index in [-0.39, 0.29) is 0 Å². The first-order valence-electron chi connectivity index (χ1n) is 6.14. The zero-order valence-electron chi connectivity index (χ0n) is 10.9. The van der Waals surface area contributed by atoms with Gasteiger partial charge >= 0.3 is 0 Å². The summed E-state index contributed by atoms with van der Waals surface area (Å²) >= 11 is 8.47. The molecule has 0 saturated heterocycles. The Labute approximate surface area is 123 Å². The Morgan fingerprint density at radius 2 is 2.06 bits per heavy atom. The van der Waals surface area contributed by atoms with Crippen molar-refractivity contribution in [2.75, 3.05) is 31.5 Å². The number of likely N-dealkylation sites (N-methyl/N-ethyl adjacent to an activating group) is 1. The highest BCUT2D eigenvalue weighted by molar-refractivity contribution is 9.10. The molecule has 0 bridgehead atoms. The summed E-state index contributed by atoms with van der Waals surface area (Å²) in [6.07, 6.45) is 0. The van der Waals surface area contributed by atoms with Gasteiger partial charge in [0.15, 0.2) is 0 Å². The second kappa shape index (κ2) is 7.71. The SMILES string of the molecule is CCN(CC)CCNc1ccc(C(N)=S)cc1Br. The molecular formula is C13H20BrN3S. The number of halogens is 1. The van der Waals surface area contributed by atoms with Crippen molar-refractivity contribution in [3.63, 3.8) is 0 Å². The summed E-state index contributed by atoms with van der Waals surface area (Å²) in [4.78, 5) is 2.80. The third kappa shape index (κ3) is 4.55. The van der Waals surface area contributed by atoms with Gasteiger partial charge in [0.1, 0.15) is 4.99 Å². The molecule has 0 aliphatic heterocycles. The highest BCUT2D eigenvalue weighted by Gasteiger charge is 2.04. The Kier molecular flexibility index (Phi) is 6.60. The molecule has 0 fully saturated rings. The summed E-state index contributed by atoms with van der Waals surface area (Å²) < 4.78 is 0.993. The van der Waals surface area contributed by atoms with Crippen LogP contribution in [0.1, 0.15) is 19.4 Å². The summed E-state index contributed by atoms with van der Waals surface area (Å²) in [6, 6.07) is 5.88. The van der Waals surface area contributed by atoms with Crippen LogP contribution in [0.25, 0.3) is 0 Å². The lowest BCUT2D eigenvalue weighted by Gasteiger charge is -2.19. The van der Waals surface area contributed by atoms with Crippen LogP contribution in [0.2, 0.25) is 0 Å². The predicted octanol–water partition coefficient (Wildman–Crippen LogP) is 2.84. The van der Waals surface area contributed by atoms with Crippen LogP contribution in [0.15, 0.2) is 22.7 Å². The number of hydrogen-bond acceptors (Lipinski definition) is 3. The van der Waals surface area contributed by atoms with Gasteiger partial charge in [-0.25, -0.2) is 0 Å². The average Bonchev–Trinajstić information content (AvgIpc) is 2.36. The maximum atomic E-state index is 5.59. The van der Waals surface area contributed by atoms with Crippen molar-refractivity contribution in [3.8, 4) is 0 Å². The summed E-state index contributed by atoms with van der Waals surface area (Å²) in [6.45, 7) is 8.48. The summed E-state index contributed by atoms with van der Waals surface area (Å²) in [5.74, 6) is 0. The minimum absolute atomic E-state index is 0.422. The van der Waals surface area contributed by atoms with Gasteiger partial charge in [-0.15, -0.1) is 0 Å². The van der Waals surface area contributed by atoms with E-state index >= 15 is 0 Å². The summed E-state index contributed by atoms with van der Waals surface area (Å²) in [5.41, 5.74) is 7.54. The zero-order valence-corrected chi connectivity index (χ0v) is 13.3. The molecule has 18 heavy (non-hydrogen) atoms. The fraction of sp³-hybridized carbons (Fsp3) is 0.462. The van der Waals surface area contributed by atoms with Gasteiger partial charge in [-0.05, 0) is 47.2 Å². The molecule has 0 atom stereocenters. The van der Waals surface area contributed by atoms with E-state index < -0.39 is 0 Å². The standard InChI is InChI=1S/C13H20BrN3S/c1-3-17(4-2)8-7-16-12-6-5-10(13(15)18)9-11(12)14/h5-6,9,16H,3-4,7-8H2,1-2H3,(H2,15,18). The van der Waals surface area contributed by atoms with Crippen molar-refractivity contribution in [3.05, 3.63) is 28.2 Å². The molecule has 1 aromatic carbocycles. The third-order valence-corrected chi connectivity index (χ3v) is 3.78. The number of nitrogens with zero attached hydrogens (tertiary/aromatic N) is 1. The zero-order chi connectivity index (χ0) is 13.5. The largest absolute Gasteiger partial charge is 0.389 e. The fourth-order valence-corrected chi connectivity index (χ4v) is 2.35. The minimum atomic E-state index is 0.422. The summed E-state index contributed by atoms with van der Waals surface area (Å²) in [7, 11) is 0. The quantitative estimate of drug-likeness (QED) is 0.755. The molecule has 5 heteroatoms. The molecule has 3 nitrogen and oxygen atoms in total. The lowest BCUT2D eigenvalue weighted by atomic mass is 10.2. The second-order valence-electron chi connectivity index (χ2n) is 4.01. The van der Waals surface area contributed by atoms with E-state index in [1.54, 1.807) is 0 Å². The van der Waals surface area contributed by atoms with Crippen molar-refractivity contribution >= 4 is 38.8 Å². The maximum absolute atomic E-state index is 5.59. The molecule has 0 aliphatic rings. The van der Waals surface area contributed by atoms with Crippen LogP contribution in [0.3, 0.4) is 0 Å². The van der Waals surface area contributed by atoms with Crippen LogP contribution in [0.4, 0.5) is 5.69 Å². The first-order chi connectivity index (χ1) is 8.58. The van der Waals surface area contributed by atoms with E-state index in [0.29, 0.717) is 4.99 Å². The van der Waals surface area contributed by atoms with Gasteiger partial charge in [0.2, 0.25) is 0 Å². The van der Waals surface area contributed by atoms with E-state index in [1.165, 1.54) is 0 Å². The first-order valence-corrected chi connectivity index (χ1v) is 7.34. The van der Waals surface area contributed by atoms with Gasteiger partial charge in [0, 0.05) is 28.8 Å². The Hall–Kier alpha value is -0.650. The normalized spacial score (nSPS) is 10.7. The monoisotopic (exact) mass is 329 g/mol. The highest BCUT2D eigenvalue weighted by atomic mass is 79.9. The van der Waals surface area contributed by atoms with Crippen molar-refractivity contribution < 1.29 is 0 Å². The first kappa shape index (κ1) is 15.4. The van der Waals surface area contributed by atoms with Gasteiger partial charge in [0.05, 0.1) is 0 Å². The van der Waals surface area contributed by atoms with Crippen molar-refractivity contribution in [1.82, 2.24) is 4.90 Å². The van der Waals surface area contributed by atoms with Gasteiger partial charge < -0.3 is 16.0 Å². The fourth-order valence-electron chi connectivity index (χ4n) is 1.70. The van der Waals surface area contributed by atoms with E-state index in [4.69, 9.17) is 18.0 Å². The number of hydrogen-bond donors (Lipinski definition) is 2. The Morgan fingerprint density at radius 3 is 2.56 bits per heavy atom. The Morgan fingerprint density at radius 1 is 1.39 bits per heavy atom. The molecule has 1 rings (SSSR count).